The largest absolute Gasteiger partial charge is 0.497 e. The Bertz CT molecular complexity index is 951. The predicted octanol–water partition coefficient (Wildman–Crippen LogP) is 3.57. The summed E-state index contributed by atoms with van der Waals surface area (Å²) in [6, 6.07) is 17.9. The van der Waals surface area contributed by atoms with E-state index >= 15 is 0 Å². The van der Waals surface area contributed by atoms with Crippen molar-refractivity contribution in [2.75, 3.05) is 12.4 Å². The summed E-state index contributed by atoms with van der Waals surface area (Å²) >= 11 is 0. The summed E-state index contributed by atoms with van der Waals surface area (Å²) in [6.45, 7) is 2.03. The first-order valence-electron chi connectivity index (χ1n) is 8.19. The molecule has 3 rings (SSSR count). The molecule has 1 aromatic heterocycles. The van der Waals surface area contributed by atoms with E-state index in [2.05, 4.69) is 10.4 Å². The third kappa shape index (κ3) is 3.57. The van der Waals surface area contributed by atoms with Crippen molar-refractivity contribution in [2.45, 2.75) is 13.3 Å². The molecule has 26 heavy (non-hydrogen) atoms. The van der Waals surface area contributed by atoms with Crippen LogP contribution in [0.25, 0.3) is 5.69 Å². The van der Waals surface area contributed by atoms with Gasteiger partial charge < -0.3 is 10.1 Å². The van der Waals surface area contributed by atoms with Gasteiger partial charge in [-0.3, -0.25) is 4.79 Å². The van der Waals surface area contributed by atoms with Crippen LogP contribution in [0.3, 0.4) is 0 Å². The highest BCUT2D eigenvalue weighted by Crippen LogP contribution is 2.20. The number of benzene rings is 2. The molecule has 0 unspecified atom stereocenters. The van der Waals surface area contributed by atoms with E-state index in [1.54, 1.807) is 36.1 Å². The van der Waals surface area contributed by atoms with Crippen LogP contribution in [0, 0.1) is 11.3 Å². The fourth-order valence-electron chi connectivity index (χ4n) is 2.56. The van der Waals surface area contributed by atoms with E-state index in [1.807, 2.05) is 43.3 Å². The van der Waals surface area contributed by atoms with Crippen LogP contribution in [0.2, 0.25) is 0 Å². The minimum Gasteiger partial charge on any atom is -0.497 e. The number of rotatable bonds is 5. The summed E-state index contributed by atoms with van der Waals surface area (Å²) in [5.41, 5.74) is 2.85. The summed E-state index contributed by atoms with van der Waals surface area (Å²) in [5, 5.41) is 16.1. The van der Waals surface area contributed by atoms with Crippen LogP contribution < -0.4 is 10.1 Å². The van der Waals surface area contributed by atoms with Gasteiger partial charge >= 0.3 is 0 Å². The van der Waals surface area contributed by atoms with Crippen molar-refractivity contribution in [1.82, 2.24) is 9.78 Å². The molecule has 0 saturated heterocycles. The fraction of sp³-hybridized carbons (Fsp3) is 0.150. The Kier molecular flexibility index (Phi) is 4.99. The molecule has 0 radical (unpaired) electrons. The van der Waals surface area contributed by atoms with Crippen LogP contribution in [0.4, 0.5) is 5.82 Å². The number of carbonyl (C=O) groups is 1. The second-order valence-electron chi connectivity index (χ2n) is 5.63. The van der Waals surface area contributed by atoms with Gasteiger partial charge in [0, 0.05) is 17.3 Å². The van der Waals surface area contributed by atoms with Crippen molar-refractivity contribution in [3.05, 3.63) is 71.4 Å². The number of methoxy groups -OCH3 is 1. The van der Waals surface area contributed by atoms with Crippen molar-refractivity contribution >= 4 is 11.7 Å². The average molecular weight is 346 g/mol. The average Bonchev–Trinajstić information content (AvgIpc) is 3.10. The fourth-order valence-corrected chi connectivity index (χ4v) is 2.56. The molecule has 0 aliphatic carbocycles. The van der Waals surface area contributed by atoms with Crippen LogP contribution in [0.1, 0.15) is 28.5 Å². The Morgan fingerprint density at radius 3 is 2.46 bits per heavy atom. The lowest BCUT2D eigenvalue weighted by molar-refractivity contribution is 0.102. The van der Waals surface area contributed by atoms with Gasteiger partial charge in [-0.15, -0.1) is 5.10 Å². The Balaban J connectivity index is 1.83. The lowest BCUT2D eigenvalue weighted by atomic mass is 10.1. The van der Waals surface area contributed by atoms with E-state index in [9.17, 15) is 4.79 Å². The number of nitrogens with zero attached hydrogens (tertiary/aromatic N) is 3. The number of nitriles is 1. The highest BCUT2D eigenvalue weighted by molar-refractivity contribution is 6.03. The maximum absolute atomic E-state index is 12.4. The van der Waals surface area contributed by atoms with Crippen LogP contribution in [-0.4, -0.2) is 22.8 Å². The zero-order valence-corrected chi connectivity index (χ0v) is 14.6. The molecule has 1 amide bonds. The third-order valence-corrected chi connectivity index (χ3v) is 3.98. The normalized spacial score (nSPS) is 10.2. The highest BCUT2D eigenvalue weighted by atomic mass is 16.5. The quantitative estimate of drug-likeness (QED) is 0.766. The van der Waals surface area contributed by atoms with Gasteiger partial charge in [-0.2, -0.15) is 5.26 Å². The second kappa shape index (κ2) is 7.53. The highest BCUT2D eigenvalue weighted by Gasteiger charge is 2.12. The first-order chi connectivity index (χ1) is 12.6. The maximum Gasteiger partial charge on any atom is 0.256 e. The molecular weight excluding hydrogens is 328 g/mol. The summed E-state index contributed by atoms with van der Waals surface area (Å²) in [4.78, 5) is 12.4. The van der Waals surface area contributed by atoms with E-state index in [0.29, 0.717) is 16.9 Å². The molecule has 0 aliphatic heterocycles. The third-order valence-electron chi connectivity index (χ3n) is 3.98. The monoisotopic (exact) mass is 346 g/mol. The molecular formula is C20H18N4O2. The molecule has 0 bridgehead atoms. The number of aromatic nitrogens is 2. The second-order valence-corrected chi connectivity index (χ2v) is 5.63. The Labute approximate surface area is 151 Å². The van der Waals surface area contributed by atoms with Gasteiger partial charge in [0.15, 0.2) is 5.82 Å². The zero-order chi connectivity index (χ0) is 18.5. The molecule has 0 fully saturated rings. The Hall–Kier alpha value is -3.59. The van der Waals surface area contributed by atoms with Crippen molar-refractivity contribution in [1.29, 1.82) is 5.26 Å². The number of aryl methyl sites for hydroxylation is 1. The van der Waals surface area contributed by atoms with Crippen LogP contribution in [0.5, 0.6) is 5.75 Å². The number of ether oxygens (including phenoxy) is 1. The molecule has 1 heterocycles. The number of anilines is 1. The minimum atomic E-state index is -0.267. The number of hydrogen-bond donors (Lipinski definition) is 1. The molecule has 0 spiro atoms. The number of carbonyl (C=O) groups excluding carboxylic acids is 1. The van der Waals surface area contributed by atoms with Gasteiger partial charge in [0.25, 0.3) is 5.91 Å². The molecule has 6 heteroatoms. The van der Waals surface area contributed by atoms with E-state index in [-0.39, 0.29) is 5.91 Å². The van der Waals surface area contributed by atoms with Crippen LogP contribution in [-0.2, 0) is 6.42 Å². The van der Waals surface area contributed by atoms with Crippen molar-refractivity contribution < 1.29 is 9.53 Å². The SMILES string of the molecule is CCc1cc(NC(=O)c2ccc(C#N)cc2)nn1-c1ccc(OC)cc1. The zero-order valence-electron chi connectivity index (χ0n) is 14.6. The number of nitrogens with one attached hydrogen (secondary N) is 1. The first-order valence-corrected chi connectivity index (χ1v) is 8.19. The van der Waals surface area contributed by atoms with E-state index < -0.39 is 0 Å². The molecule has 1 N–H and O–H groups in total. The van der Waals surface area contributed by atoms with E-state index in [0.717, 1.165) is 23.6 Å². The molecule has 130 valence electrons. The van der Waals surface area contributed by atoms with Crippen LogP contribution in [0.15, 0.2) is 54.6 Å². The van der Waals surface area contributed by atoms with Crippen molar-refractivity contribution in [2.24, 2.45) is 0 Å². The smallest absolute Gasteiger partial charge is 0.256 e. The van der Waals surface area contributed by atoms with Crippen molar-refractivity contribution in [3.8, 4) is 17.5 Å². The molecule has 6 nitrogen and oxygen atoms in total. The van der Waals surface area contributed by atoms with Gasteiger partial charge in [-0.1, -0.05) is 6.92 Å². The summed E-state index contributed by atoms with van der Waals surface area (Å²) in [5.74, 6) is 0.983. The standard InChI is InChI=1S/C20H18N4O2/c1-3-16-12-19(22-20(25)15-6-4-14(13-21)5-7-15)23-24(16)17-8-10-18(26-2)11-9-17/h4-12H,3H2,1-2H3,(H,22,23,25). The maximum atomic E-state index is 12.4. The van der Waals surface area contributed by atoms with Crippen LogP contribution >= 0.6 is 0 Å². The first kappa shape index (κ1) is 17.2. The molecule has 2 aromatic carbocycles. The van der Waals surface area contributed by atoms with E-state index in [1.165, 1.54) is 0 Å². The number of hydrogen-bond acceptors (Lipinski definition) is 4. The Morgan fingerprint density at radius 1 is 1.19 bits per heavy atom. The van der Waals surface area contributed by atoms with Gasteiger partial charge in [-0.05, 0) is 55.0 Å². The summed E-state index contributed by atoms with van der Waals surface area (Å²) < 4.78 is 6.98. The van der Waals surface area contributed by atoms with Gasteiger partial charge in [0.05, 0.1) is 24.4 Å². The minimum absolute atomic E-state index is 0.267. The lowest BCUT2D eigenvalue weighted by Gasteiger charge is -2.06. The molecule has 3 aromatic rings. The predicted molar refractivity (Wildman–Crippen MR) is 98.6 cm³/mol. The van der Waals surface area contributed by atoms with E-state index in [4.69, 9.17) is 10.00 Å². The summed E-state index contributed by atoms with van der Waals surface area (Å²) in [6.07, 6.45) is 0.770. The van der Waals surface area contributed by atoms with Crippen molar-refractivity contribution in [3.63, 3.8) is 0 Å². The molecule has 0 saturated carbocycles. The van der Waals surface area contributed by atoms with Gasteiger partial charge in [0.2, 0.25) is 0 Å². The molecule has 0 atom stereocenters. The van der Waals surface area contributed by atoms with Gasteiger partial charge in [-0.25, -0.2) is 4.68 Å². The summed E-state index contributed by atoms with van der Waals surface area (Å²) in [7, 11) is 1.62. The number of amides is 1. The lowest BCUT2D eigenvalue weighted by Crippen LogP contribution is -2.12. The van der Waals surface area contributed by atoms with Gasteiger partial charge in [0.1, 0.15) is 5.75 Å². The molecule has 0 aliphatic rings. The Morgan fingerprint density at radius 2 is 1.88 bits per heavy atom. The topological polar surface area (TPSA) is 79.9 Å².